The number of anilines is 2. The molecule has 1 unspecified atom stereocenters. The number of nitrogens with two attached hydrogens (primary N) is 1. The van der Waals surface area contributed by atoms with Crippen LogP contribution in [0.1, 0.15) is 13.8 Å². The second-order valence-corrected chi connectivity index (χ2v) is 7.67. The van der Waals surface area contributed by atoms with E-state index in [1.54, 1.807) is 24.5 Å². The molecule has 8 heteroatoms. The summed E-state index contributed by atoms with van der Waals surface area (Å²) in [6, 6.07) is 9.11. The van der Waals surface area contributed by atoms with Gasteiger partial charge in [-0.15, -0.1) is 14.5 Å². The number of piperazine rings is 1. The van der Waals surface area contributed by atoms with E-state index in [0.29, 0.717) is 30.2 Å². The summed E-state index contributed by atoms with van der Waals surface area (Å²) < 4.78 is 14.0. The number of rotatable bonds is 3. The Morgan fingerprint density at radius 2 is 1.84 bits per heavy atom. The minimum Gasteiger partial charge on any atom is -0.598 e. The molecule has 1 aromatic carbocycles. The average Bonchev–Trinajstić information content (AvgIpc) is 2.55. The van der Waals surface area contributed by atoms with Crippen molar-refractivity contribution in [3.05, 3.63) is 30.3 Å². The van der Waals surface area contributed by atoms with Gasteiger partial charge in [-0.25, -0.2) is 0 Å². The van der Waals surface area contributed by atoms with Crippen LogP contribution in [-0.4, -0.2) is 55.6 Å². The molecule has 0 amide bonds. The number of benzene rings is 1. The zero-order valence-electron chi connectivity index (χ0n) is 14.6. The van der Waals surface area contributed by atoms with Gasteiger partial charge in [0.1, 0.15) is 12.0 Å². The molecule has 1 aliphatic heterocycles. The average molecular weight is 361 g/mol. The normalized spacial score (nSPS) is 22.8. The van der Waals surface area contributed by atoms with Gasteiger partial charge in [0.2, 0.25) is 0 Å². The van der Waals surface area contributed by atoms with Gasteiger partial charge in [-0.3, -0.25) is 0 Å². The standard InChI is InChI=1S/C17H23N5O2S/c1-11-9-21(10-12(2)22(11)25(3)24)15-8-14(19-20-17(15)18)13-6-4-5-7-16(13)23/h4-8,11-12,23H,9-10H2,1-3H3,(H2,18,20)/t11-,12-,25?/m1/s1. The lowest BCUT2D eigenvalue weighted by Gasteiger charge is -2.43. The number of aromatic nitrogens is 2. The minimum absolute atomic E-state index is 0.121. The number of phenolic OH excluding ortho intramolecular Hbond substituents is 1. The van der Waals surface area contributed by atoms with E-state index < -0.39 is 11.4 Å². The van der Waals surface area contributed by atoms with Crippen LogP contribution in [0.25, 0.3) is 11.3 Å². The molecule has 2 heterocycles. The summed E-state index contributed by atoms with van der Waals surface area (Å²) in [4.78, 5) is 2.15. The molecule has 25 heavy (non-hydrogen) atoms. The molecule has 3 atom stereocenters. The molecule has 1 fully saturated rings. The van der Waals surface area contributed by atoms with E-state index in [0.717, 1.165) is 5.69 Å². The second-order valence-electron chi connectivity index (χ2n) is 6.40. The van der Waals surface area contributed by atoms with Crippen molar-refractivity contribution >= 4 is 22.9 Å². The Labute approximate surface area is 150 Å². The number of nitrogens with zero attached hydrogens (tertiary/aromatic N) is 4. The van der Waals surface area contributed by atoms with Crippen LogP contribution in [0.4, 0.5) is 11.5 Å². The smallest absolute Gasteiger partial charge is 0.169 e. The Morgan fingerprint density at radius 3 is 2.44 bits per heavy atom. The fraction of sp³-hybridized carbons (Fsp3) is 0.412. The Bertz CT molecular complexity index is 746. The Morgan fingerprint density at radius 1 is 1.20 bits per heavy atom. The zero-order valence-corrected chi connectivity index (χ0v) is 15.4. The number of phenols is 1. The maximum atomic E-state index is 12.0. The van der Waals surface area contributed by atoms with Gasteiger partial charge in [0.05, 0.1) is 23.5 Å². The maximum absolute atomic E-state index is 12.0. The number of para-hydroxylation sites is 1. The maximum Gasteiger partial charge on any atom is 0.169 e. The molecule has 3 N–H and O–H groups in total. The van der Waals surface area contributed by atoms with Gasteiger partial charge in [0, 0.05) is 30.0 Å². The van der Waals surface area contributed by atoms with Crippen LogP contribution < -0.4 is 10.6 Å². The van der Waals surface area contributed by atoms with Crippen LogP contribution in [0, 0.1) is 0 Å². The molecule has 1 aromatic heterocycles. The van der Waals surface area contributed by atoms with Crippen LogP contribution in [0.5, 0.6) is 5.75 Å². The van der Waals surface area contributed by atoms with Crippen LogP contribution in [0.3, 0.4) is 0 Å². The summed E-state index contributed by atoms with van der Waals surface area (Å²) in [6.07, 6.45) is 1.71. The van der Waals surface area contributed by atoms with E-state index in [9.17, 15) is 9.66 Å². The van der Waals surface area contributed by atoms with E-state index in [1.165, 1.54) is 0 Å². The third-order valence-corrected chi connectivity index (χ3v) is 5.77. The van der Waals surface area contributed by atoms with Crippen molar-refractivity contribution in [2.45, 2.75) is 25.9 Å². The molecular formula is C17H23N5O2S. The van der Waals surface area contributed by atoms with Gasteiger partial charge >= 0.3 is 0 Å². The number of hydrogen-bond donors (Lipinski definition) is 2. The first-order valence-electron chi connectivity index (χ1n) is 8.17. The summed E-state index contributed by atoms with van der Waals surface area (Å²) in [5, 5.41) is 18.3. The highest BCUT2D eigenvalue weighted by molar-refractivity contribution is 7.88. The molecule has 0 bridgehead atoms. The first kappa shape index (κ1) is 17.8. The van der Waals surface area contributed by atoms with Gasteiger partial charge in [0.25, 0.3) is 0 Å². The van der Waals surface area contributed by atoms with Crippen molar-refractivity contribution in [3.8, 4) is 17.0 Å². The van der Waals surface area contributed by atoms with Crippen LogP contribution in [0.15, 0.2) is 30.3 Å². The summed E-state index contributed by atoms with van der Waals surface area (Å²) in [5.41, 5.74) is 8.05. The molecule has 1 aliphatic rings. The Kier molecular flexibility index (Phi) is 5.03. The van der Waals surface area contributed by atoms with Crippen molar-refractivity contribution < 1.29 is 9.66 Å². The van der Waals surface area contributed by atoms with Crippen molar-refractivity contribution in [2.75, 3.05) is 30.0 Å². The van der Waals surface area contributed by atoms with E-state index in [2.05, 4.69) is 28.9 Å². The minimum atomic E-state index is -1.01. The quantitative estimate of drug-likeness (QED) is 0.801. The van der Waals surface area contributed by atoms with E-state index in [-0.39, 0.29) is 17.8 Å². The molecule has 1 saturated heterocycles. The van der Waals surface area contributed by atoms with Crippen molar-refractivity contribution in [2.24, 2.45) is 0 Å². The fourth-order valence-corrected chi connectivity index (χ4v) is 4.62. The zero-order chi connectivity index (χ0) is 18.1. The topological polar surface area (TPSA) is 102 Å². The van der Waals surface area contributed by atoms with Gasteiger partial charge < -0.3 is 20.3 Å². The monoisotopic (exact) mass is 361 g/mol. The first-order valence-corrected chi connectivity index (χ1v) is 9.68. The summed E-state index contributed by atoms with van der Waals surface area (Å²) in [7, 11) is 0. The van der Waals surface area contributed by atoms with E-state index in [1.807, 2.05) is 16.4 Å². The highest BCUT2D eigenvalue weighted by Crippen LogP contribution is 2.33. The van der Waals surface area contributed by atoms with Gasteiger partial charge in [-0.2, -0.15) is 0 Å². The lowest BCUT2D eigenvalue weighted by atomic mass is 10.1. The van der Waals surface area contributed by atoms with Gasteiger partial charge in [-0.05, 0) is 32.0 Å². The second kappa shape index (κ2) is 7.07. The Hall–Kier alpha value is -2.03. The van der Waals surface area contributed by atoms with Crippen molar-refractivity contribution in [1.82, 2.24) is 14.5 Å². The first-order chi connectivity index (χ1) is 11.9. The molecule has 134 valence electrons. The Balaban J connectivity index is 1.93. The predicted octanol–water partition coefficient (Wildman–Crippen LogP) is 1.62. The molecule has 3 rings (SSSR count). The number of nitrogen functional groups attached to an aromatic ring is 1. The number of hydrogen-bond acceptors (Lipinski definition) is 7. The van der Waals surface area contributed by atoms with Crippen LogP contribution in [-0.2, 0) is 11.4 Å². The lowest BCUT2D eigenvalue weighted by Crippen LogP contribution is -2.58. The van der Waals surface area contributed by atoms with Gasteiger partial charge in [-0.1, -0.05) is 12.1 Å². The molecule has 0 spiro atoms. The summed E-state index contributed by atoms with van der Waals surface area (Å²) in [5.74, 6) is 0.505. The molecule has 0 radical (unpaired) electrons. The third kappa shape index (κ3) is 3.51. The van der Waals surface area contributed by atoms with E-state index >= 15 is 0 Å². The van der Waals surface area contributed by atoms with Crippen molar-refractivity contribution in [1.29, 1.82) is 0 Å². The molecule has 2 aromatic rings. The van der Waals surface area contributed by atoms with Crippen LogP contribution in [0.2, 0.25) is 0 Å². The largest absolute Gasteiger partial charge is 0.598 e. The van der Waals surface area contributed by atoms with Crippen molar-refractivity contribution in [3.63, 3.8) is 0 Å². The highest BCUT2D eigenvalue weighted by atomic mass is 32.2. The van der Waals surface area contributed by atoms with E-state index in [4.69, 9.17) is 5.73 Å². The molecule has 7 nitrogen and oxygen atoms in total. The summed E-state index contributed by atoms with van der Waals surface area (Å²) in [6.45, 7) is 5.50. The van der Waals surface area contributed by atoms with Crippen LogP contribution >= 0.6 is 0 Å². The fourth-order valence-electron chi connectivity index (χ4n) is 3.48. The number of aromatic hydroxyl groups is 1. The predicted molar refractivity (Wildman–Crippen MR) is 101 cm³/mol. The highest BCUT2D eigenvalue weighted by Gasteiger charge is 2.36. The molecule has 0 aliphatic carbocycles. The SMILES string of the molecule is C[C@@H]1CN(c2cc(-c3ccccc3O)nnc2N)C[C@@H](C)N1[S+](C)[O-]. The molecular weight excluding hydrogens is 338 g/mol. The van der Waals surface area contributed by atoms with Gasteiger partial charge in [0.15, 0.2) is 5.82 Å². The third-order valence-electron chi connectivity index (χ3n) is 4.46. The summed E-state index contributed by atoms with van der Waals surface area (Å²) >= 11 is -1.01. The molecule has 0 saturated carbocycles. The lowest BCUT2D eigenvalue weighted by molar-refractivity contribution is 0.242.